The van der Waals surface area contributed by atoms with Crippen LogP contribution in [0.3, 0.4) is 0 Å². The second-order valence-electron chi connectivity index (χ2n) is 7.81. The summed E-state index contributed by atoms with van der Waals surface area (Å²) in [5.41, 5.74) is 3.23. The zero-order valence-corrected chi connectivity index (χ0v) is 20.4. The van der Waals surface area contributed by atoms with Crippen molar-refractivity contribution in [3.63, 3.8) is 0 Å². The van der Waals surface area contributed by atoms with Gasteiger partial charge in [-0.3, -0.25) is 9.79 Å². The minimum absolute atomic E-state index is 0.204. The molecule has 0 bridgehead atoms. The van der Waals surface area contributed by atoms with E-state index >= 15 is 0 Å². The molecule has 2 aromatic carbocycles. The summed E-state index contributed by atoms with van der Waals surface area (Å²) in [5.74, 6) is 1.85. The van der Waals surface area contributed by atoms with Gasteiger partial charge in [-0.25, -0.2) is 0 Å². The van der Waals surface area contributed by atoms with E-state index in [0.29, 0.717) is 32.5 Å². The van der Waals surface area contributed by atoms with E-state index in [0.717, 1.165) is 46.5 Å². The predicted molar refractivity (Wildman–Crippen MR) is 136 cm³/mol. The van der Waals surface area contributed by atoms with E-state index in [4.69, 9.17) is 16.3 Å². The highest BCUT2D eigenvalue weighted by molar-refractivity contribution is 6.31. The number of nitrogens with zero attached hydrogens (tertiary/aromatic N) is 3. The summed E-state index contributed by atoms with van der Waals surface area (Å²) in [5, 5.41) is 4.16. The van der Waals surface area contributed by atoms with Crippen LogP contribution in [0.5, 0.6) is 5.75 Å². The van der Waals surface area contributed by atoms with Gasteiger partial charge in [-0.15, -0.1) is 0 Å². The highest BCUT2D eigenvalue weighted by atomic mass is 35.5. The summed E-state index contributed by atoms with van der Waals surface area (Å²) < 4.78 is 5.60. The number of piperazine rings is 1. The number of nitrogens with one attached hydrogen (secondary N) is 1. The molecule has 1 fully saturated rings. The van der Waals surface area contributed by atoms with Crippen molar-refractivity contribution < 1.29 is 9.53 Å². The van der Waals surface area contributed by atoms with Crippen LogP contribution in [0, 0.1) is 0 Å². The van der Waals surface area contributed by atoms with Crippen molar-refractivity contribution in [2.24, 2.45) is 4.99 Å². The van der Waals surface area contributed by atoms with Crippen LogP contribution in [0.15, 0.2) is 59.7 Å². The lowest BCUT2D eigenvalue weighted by Crippen LogP contribution is -2.53. The number of allylic oxidation sites excluding steroid dienone is 1. The fraction of sp³-hybridized carbons (Fsp3) is 0.385. The van der Waals surface area contributed by atoms with Crippen molar-refractivity contribution in [1.82, 2.24) is 15.1 Å². The molecule has 1 saturated heterocycles. The maximum atomic E-state index is 12.0. The monoisotopic (exact) mass is 468 g/mol. The predicted octanol–water partition coefficient (Wildman–Crippen LogP) is 4.45. The molecule has 0 atom stereocenters. The molecule has 7 heteroatoms. The first kappa shape index (κ1) is 24.6. The van der Waals surface area contributed by atoms with Crippen LogP contribution in [0.1, 0.15) is 31.4 Å². The first-order chi connectivity index (χ1) is 16.0. The topological polar surface area (TPSA) is 57.2 Å². The SMILES string of the molecule is CCOc1ccc(/C(=C/NC(=NC)N2CCN(C(=O)CC)CC2)Cc2ccccc2Cl)cc1. The van der Waals surface area contributed by atoms with Gasteiger partial charge in [0.05, 0.1) is 6.61 Å². The van der Waals surface area contributed by atoms with Crippen molar-refractivity contribution in [2.75, 3.05) is 39.8 Å². The molecule has 0 aromatic heterocycles. The summed E-state index contributed by atoms with van der Waals surface area (Å²) in [6.07, 6.45) is 3.23. The Morgan fingerprint density at radius 3 is 2.33 bits per heavy atom. The van der Waals surface area contributed by atoms with Gasteiger partial charge in [-0.05, 0) is 41.8 Å². The molecule has 1 aliphatic heterocycles. The Morgan fingerprint density at radius 1 is 1.06 bits per heavy atom. The largest absolute Gasteiger partial charge is 0.494 e. The number of halogens is 1. The first-order valence-corrected chi connectivity index (χ1v) is 11.8. The van der Waals surface area contributed by atoms with E-state index in [1.807, 2.05) is 61.3 Å². The average molecular weight is 469 g/mol. The fourth-order valence-corrected chi connectivity index (χ4v) is 4.06. The number of carbonyl (C=O) groups excluding carboxylic acids is 1. The Kier molecular flexibility index (Phi) is 9.19. The molecule has 3 rings (SSSR count). The van der Waals surface area contributed by atoms with Crippen LogP contribution < -0.4 is 10.1 Å². The number of hydrogen-bond acceptors (Lipinski definition) is 3. The quantitative estimate of drug-likeness (QED) is 0.481. The fourth-order valence-electron chi connectivity index (χ4n) is 3.86. The van der Waals surface area contributed by atoms with Crippen LogP contribution in [0.2, 0.25) is 5.02 Å². The summed E-state index contributed by atoms with van der Waals surface area (Å²) in [4.78, 5) is 20.6. The van der Waals surface area contributed by atoms with Crippen LogP contribution in [-0.4, -0.2) is 61.5 Å². The minimum Gasteiger partial charge on any atom is -0.494 e. The smallest absolute Gasteiger partial charge is 0.222 e. The van der Waals surface area contributed by atoms with E-state index in [9.17, 15) is 4.79 Å². The van der Waals surface area contributed by atoms with Crippen LogP contribution >= 0.6 is 11.6 Å². The minimum atomic E-state index is 0.204. The summed E-state index contributed by atoms with van der Waals surface area (Å²) in [6.45, 7) is 7.44. The van der Waals surface area contributed by atoms with Gasteiger partial charge in [0.25, 0.3) is 0 Å². The van der Waals surface area contributed by atoms with Crippen molar-refractivity contribution in [3.8, 4) is 5.75 Å². The van der Waals surface area contributed by atoms with E-state index in [-0.39, 0.29) is 5.91 Å². The molecule has 176 valence electrons. The maximum absolute atomic E-state index is 12.0. The molecule has 1 aliphatic rings. The standard InChI is InChI=1S/C26H33ClN4O2/c1-4-25(32)30-14-16-31(17-15-30)26(28-3)29-19-22(18-21-8-6-7-9-24(21)27)20-10-12-23(13-11-20)33-5-2/h6-13,19H,4-5,14-18H2,1-3H3,(H,28,29)/b22-19+. The van der Waals surface area contributed by atoms with Gasteiger partial charge < -0.3 is 19.9 Å². The molecule has 1 heterocycles. The Hall–Kier alpha value is -2.99. The maximum Gasteiger partial charge on any atom is 0.222 e. The Morgan fingerprint density at radius 2 is 1.73 bits per heavy atom. The van der Waals surface area contributed by atoms with E-state index in [1.165, 1.54) is 0 Å². The summed E-state index contributed by atoms with van der Waals surface area (Å²) in [6, 6.07) is 16.0. The van der Waals surface area contributed by atoms with Crippen molar-refractivity contribution in [2.45, 2.75) is 26.7 Å². The third-order valence-electron chi connectivity index (χ3n) is 5.70. The van der Waals surface area contributed by atoms with Crippen molar-refractivity contribution in [1.29, 1.82) is 0 Å². The number of carbonyl (C=O) groups is 1. The molecule has 0 radical (unpaired) electrons. The molecule has 0 spiro atoms. The number of ether oxygens (including phenoxy) is 1. The average Bonchev–Trinajstić information content (AvgIpc) is 2.85. The number of hydrogen-bond donors (Lipinski definition) is 1. The van der Waals surface area contributed by atoms with Gasteiger partial charge in [0, 0.05) is 57.3 Å². The summed E-state index contributed by atoms with van der Waals surface area (Å²) >= 11 is 6.45. The molecule has 1 N–H and O–H groups in total. The lowest BCUT2D eigenvalue weighted by molar-refractivity contribution is -0.132. The zero-order valence-electron chi connectivity index (χ0n) is 19.7. The Labute approximate surface area is 201 Å². The molecule has 1 amide bonds. The van der Waals surface area contributed by atoms with Gasteiger partial charge >= 0.3 is 0 Å². The number of aliphatic imine (C=N–C) groups is 1. The van der Waals surface area contributed by atoms with Crippen molar-refractivity contribution >= 4 is 29.0 Å². The molecular formula is C26H33ClN4O2. The van der Waals surface area contributed by atoms with E-state index in [2.05, 4.69) is 27.3 Å². The van der Waals surface area contributed by atoms with Crippen LogP contribution in [-0.2, 0) is 11.2 Å². The highest BCUT2D eigenvalue weighted by Gasteiger charge is 2.21. The van der Waals surface area contributed by atoms with E-state index < -0.39 is 0 Å². The second-order valence-corrected chi connectivity index (χ2v) is 8.22. The molecule has 0 unspecified atom stereocenters. The molecule has 6 nitrogen and oxygen atoms in total. The first-order valence-electron chi connectivity index (χ1n) is 11.5. The Bertz CT molecular complexity index is 980. The molecule has 2 aromatic rings. The normalized spacial score (nSPS) is 14.9. The molecular weight excluding hydrogens is 436 g/mol. The van der Waals surface area contributed by atoms with E-state index in [1.54, 1.807) is 7.05 Å². The molecule has 33 heavy (non-hydrogen) atoms. The molecule has 0 aliphatic carbocycles. The lowest BCUT2D eigenvalue weighted by Gasteiger charge is -2.36. The Balaban J connectivity index is 1.78. The number of benzene rings is 2. The van der Waals surface area contributed by atoms with Gasteiger partial charge in [0.1, 0.15) is 5.75 Å². The van der Waals surface area contributed by atoms with Gasteiger partial charge in [0.2, 0.25) is 5.91 Å². The highest BCUT2D eigenvalue weighted by Crippen LogP contribution is 2.25. The summed E-state index contributed by atoms with van der Waals surface area (Å²) in [7, 11) is 1.78. The third-order valence-corrected chi connectivity index (χ3v) is 6.07. The molecule has 0 saturated carbocycles. The van der Waals surface area contributed by atoms with Crippen LogP contribution in [0.25, 0.3) is 5.57 Å². The van der Waals surface area contributed by atoms with Gasteiger partial charge in [-0.2, -0.15) is 0 Å². The number of guanidine groups is 1. The zero-order chi connectivity index (χ0) is 23.6. The number of rotatable bonds is 7. The van der Waals surface area contributed by atoms with Crippen LogP contribution in [0.4, 0.5) is 0 Å². The third kappa shape index (κ3) is 6.75. The lowest BCUT2D eigenvalue weighted by atomic mass is 9.99. The second kappa shape index (κ2) is 12.3. The number of amides is 1. The van der Waals surface area contributed by atoms with Gasteiger partial charge in [-0.1, -0.05) is 48.9 Å². The van der Waals surface area contributed by atoms with Gasteiger partial charge in [0.15, 0.2) is 5.96 Å². The van der Waals surface area contributed by atoms with Crippen molar-refractivity contribution in [3.05, 3.63) is 70.9 Å².